The van der Waals surface area contributed by atoms with E-state index in [0.29, 0.717) is 0 Å². The number of fused-ring (bicyclic) bond motifs is 4. The molecule has 0 aromatic heterocycles. The third-order valence-corrected chi connectivity index (χ3v) is 6.73. The Bertz CT molecular complexity index is 932. The Morgan fingerprint density at radius 2 is 1.83 bits per heavy atom. The topological polar surface area (TPSA) is 32.5 Å². The Morgan fingerprint density at radius 3 is 2.55 bits per heavy atom. The fourth-order valence-corrected chi connectivity index (χ4v) is 5.57. The van der Waals surface area contributed by atoms with Gasteiger partial charge in [-0.3, -0.25) is 5.21 Å². The molecule has 1 aromatic rings. The second-order valence-corrected chi connectivity index (χ2v) is 10.7. The second kappa shape index (κ2) is 6.75. The third-order valence-electron chi connectivity index (χ3n) is 6.73. The number of allylic oxidation sites excluding steroid dienone is 2. The molecule has 1 unspecified atom stereocenters. The number of ether oxygens (including phenoxy) is 1. The van der Waals surface area contributed by atoms with Gasteiger partial charge in [0.05, 0.1) is 22.6 Å². The van der Waals surface area contributed by atoms with E-state index in [-0.39, 0.29) is 16.4 Å². The molecule has 1 aliphatic carbocycles. The summed E-state index contributed by atoms with van der Waals surface area (Å²) >= 11 is 0. The van der Waals surface area contributed by atoms with Gasteiger partial charge in [0.15, 0.2) is 0 Å². The summed E-state index contributed by atoms with van der Waals surface area (Å²) in [7, 11) is 0. The van der Waals surface area contributed by atoms with E-state index >= 15 is 0 Å². The van der Waals surface area contributed by atoms with Crippen molar-refractivity contribution in [1.29, 1.82) is 0 Å². The summed E-state index contributed by atoms with van der Waals surface area (Å²) in [4.78, 5) is 0. The summed E-state index contributed by atoms with van der Waals surface area (Å²) in [6.07, 6.45) is 14.1. The Balaban J connectivity index is 1.77. The van der Waals surface area contributed by atoms with Gasteiger partial charge in [0, 0.05) is 10.3 Å². The minimum atomic E-state index is -0.324. The molecule has 0 amide bonds. The molecule has 29 heavy (non-hydrogen) atoms. The predicted molar refractivity (Wildman–Crippen MR) is 120 cm³/mol. The molecule has 2 heterocycles. The number of rotatable bonds is 5. The molecule has 0 spiro atoms. The first-order chi connectivity index (χ1) is 13.6. The van der Waals surface area contributed by atoms with Crippen molar-refractivity contribution in [3.63, 3.8) is 0 Å². The smallest absolute Gasteiger partial charge is 0.269 e. The zero-order valence-electron chi connectivity index (χ0n) is 18.9. The zero-order chi connectivity index (χ0) is 21.0. The zero-order valence-corrected chi connectivity index (χ0v) is 18.9. The van der Waals surface area contributed by atoms with Crippen molar-refractivity contribution in [2.24, 2.45) is 10.8 Å². The first kappa shape index (κ1) is 20.3. The minimum Gasteiger partial charge on any atom is -0.483 e. The lowest BCUT2D eigenvalue weighted by Gasteiger charge is -2.38. The van der Waals surface area contributed by atoms with Gasteiger partial charge in [0.2, 0.25) is 5.71 Å². The van der Waals surface area contributed by atoms with Gasteiger partial charge in [-0.15, -0.1) is 0 Å². The van der Waals surface area contributed by atoms with Crippen LogP contribution in [0.15, 0.2) is 24.3 Å². The summed E-state index contributed by atoms with van der Waals surface area (Å²) in [5, 5.41) is 11.1. The molecule has 0 saturated carbocycles. The maximum absolute atomic E-state index is 11.1. The average Bonchev–Trinajstić information content (AvgIpc) is 2.88. The molecule has 156 valence electrons. The predicted octanol–water partition coefficient (Wildman–Crippen LogP) is 7.15. The second-order valence-electron chi connectivity index (χ2n) is 10.7. The summed E-state index contributed by atoms with van der Waals surface area (Å²) in [6, 6.07) is 4.20. The van der Waals surface area contributed by atoms with Crippen molar-refractivity contribution in [2.45, 2.75) is 85.7 Å². The third kappa shape index (κ3) is 3.53. The first-order valence-electron chi connectivity index (χ1n) is 11.2. The maximum atomic E-state index is 11.1. The Hall–Kier alpha value is -2.03. The Labute approximate surface area is 175 Å². The highest BCUT2D eigenvalue weighted by atomic mass is 16.5. The van der Waals surface area contributed by atoms with Gasteiger partial charge in [-0.1, -0.05) is 51.7 Å². The molecule has 2 aliphatic heterocycles. The summed E-state index contributed by atoms with van der Waals surface area (Å²) in [5.74, 6) is 0.843. The van der Waals surface area contributed by atoms with Crippen LogP contribution in [0.5, 0.6) is 5.75 Å². The maximum Gasteiger partial charge on any atom is 0.269 e. The van der Waals surface area contributed by atoms with Crippen LogP contribution in [0.25, 0.3) is 11.6 Å². The molecule has 0 fully saturated rings. The molecular weight excluding hydrogens is 358 g/mol. The number of hydrogen-bond acceptors (Lipinski definition) is 2. The summed E-state index contributed by atoms with van der Waals surface area (Å²) < 4.78 is 7.59. The SMILES string of the molecule is CCCCCCC1(C)C=C2C(=[N+](O)c3cc4c(cc32)C=CC(C)(C)O4)C(C)(C)C1. The summed E-state index contributed by atoms with van der Waals surface area (Å²) in [5.41, 5.74) is 5.04. The van der Waals surface area contributed by atoms with Gasteiger partial charge in [-0.05, 0) is 58.1 Å². The molecular formula is C26H36NO2+. The standard InChI is InChI=1S/C26H36NO2/c1-7-8-9-10-12-26(6)16-20-19-14-18-11-13-25(4,5)29-22(18)15-21(19)27(28)23(20)24(2,3)17-26/h11,13-16,28H,7-10,12,17H2,1-6H3/q+1. The van der Waals surface area contributed by atoms with Crippen molar-refractivity contribution in [1.82, 2.24) is 0 Å². The fraction of sp³-hybridized carbons (Fsp3) is 0.577. The van der Waals surface area contributed by atoms with Crippen LogP contribution in [0.3, 0.4) is 0 Å². The van der Waals surface area contributed by atoms with E-state index in [1.165, 1.54) is 42.4 Å². The summed E-state index contributed by atoms with van der Waals surface area (Å²) in [6.45, 7) is 13.3. The van der Waals surface area contributed by atoms with Crippen LogP contribution >= 0.6 is 0 Å². The minimum absolute atomic E-state index is 0.0895. The molecule has 1 N–H and O–H groups in total. The highest BCUT2D eigenvalue weighted by Crippen LogP contribution is 2.53. The van der Waals surface area contributed by atoms with Gasteiger partial charge in [0.25, 0.3) is 5.69 Å². The van der Waals surface area contributed by atoms with Crippen LogP contribution in [-0.4, -0.2) is 21.3 Å². The van der Waals surface area contributed by atoms with Gasteiger partial charge >= 0.3 is 0 Å². The molecule has 0 bridgehead atoms. The molecule has 0 saturated heterocycles. The highest BCUT2D eigenvalue weighted by Gasteiger charge is 2.52. The number of hydrogen-bond donors (Lipinski definition) is 1. The van der Waals surface area contributed by atoms with Crippen LogP contribution in [0.1, 0.15) is 91.2 Å². The molecule has 3 heteroatoms. The van der Waals surface area contributed by atoms with Crippen molar-refractivity contribution >= 4 is 23.0 Å². The van der Waals surface area contributed by atoms with E-state index in [9.17, 15) is 5.21 Å². The number of unbranched alkanes of at least 4 members (excludes halogenated alkanes) is 3. The van der Waals surface area contributed by atoms with E-state index in [0.717, 1.165) is 34.7 Å². The van der Waals surface area contributed by atoms with Gasteiger partial charge in [-0.2, -0.15) is 0 Å². The lowest BCUT2D eigenvalue weighted by Crippen LogP contribution is -2.38. The van der Waals surface area contributed by atoms with Gasteiger partial charge in [-0.25, -0.2) is 0 Å². The Kier molecular flexibility index (Phi) is 4.72. The quantitative estimate of drug-likeness (QED) is 0.327. The molecule has 3 aliphatic rings. The monoisotopic (exact) mass is 394 g/mol. The van der Waals surface area contributed by atoms with Crippen LogP contribution < -0.4 is 4.74 Å². The van der Waals surface area contributed by atoms with Crippen LogP contribution in [-0.2, 0) is 0 Å². The largest absolute Gasteiger partial charge is 0.483 e. The van der Waals surface area contributed by atoms with Gasteiger partial charge < -0.3 is 4.74 Å². The van der Waals surface area contributed by atoms with E-state index in [1.54, 1.807) is 0 Å². The lowest BCUT2D eigenvalue weighted by atomic mass is 9.62. The van der Waals surface area contributed by atoms with E-state index in [2.05, 4.69) is 65.8 Å². The molecule has 1 aromatic carbocycles. The van der Waals surface area contributed by atoms with Crippen LogP contribution in [0.4, 0.5) is 5.69 Å². The molecule has 0 radical (unpaired) electrons. The highest BCUT2D eigenvalue weighted by molar-refractivity contribution is 6.27. The first-order valence-corrected chi connectivity index (χ1v) is 11.2. The van der Waals surface area contributed by atoms with Crippen molar-refractivity contribution in [3.8, 4) is 5.75 Å². The molecule has 4 rings (SSSR count). The number of benzene rings is 1. The molecule has 1 atom stereocenters. The lowest BCUT2D eigenvalue weighted by molar-refractivity contribution is -0.712. The van der Waals surface area contributed by atoms with E-state index in [4.69, 9.17) is 4.74 Å². The van der Waals surface area contributed by atoms with Crippen molar-refractivity contribution < 1.29 is 14.7 Å². The number of nitrogens with zero attached hydrogens (tertiary/aromatic N) is 1. The van der Waals surface area contributed by atoms with Crippen LogP contribution in [0, 0.1) is 10.8 Å². The van der Waals surface area contributed by atoms with Crippen molar-refractivity contribution in [2.75, 3.05) is 0 Å². The molecule has 3 nitrogen and oxygen atoms in total. The van der Waals surface area contributed by atoms with E-state index in [1.807, 2.05) is 6.07 Å². The fourth-order valence-electron chi connectivity index (χ4n) is 5.57. The van der Waals surface area contributed by atoms with E-state index < -0.39 is 0 Å². The normalized spacial score (nSPS) is 25.8. The Morgan fingerprint density at radius 1 is 1.07 bits per heavy atom. The van der Waals surface area contributed by atoms with Crippen molar-refractivity contribution in [3.05, 3.63) is 35.4 Å². The van der Waals surface area contributed by atoms with Crippen LogP contribution in [0.2, 0.25) is 0 Å². The van der Waals surface area contributed by atoms with Gasteiger partial charge in [0.1, 0.15) is 11.4 Å². The average molecular weight is 395 g/mol.